The number of phenols is 1. The van der Waals surface area contributed by atoms with E-state index in [1.54, 1.807) is 30.3 Å². The third-order valence-electron chi connectivity index (χ3n) is 6.68. The fourth-order valence-corrected chi connectivity index (χ4v) is 4.34. The van der Waals surface area contributed by atoms with Crippen LogP contribution in [0.15, 0.2) is 97.1 Å². The van der Waals surface area contributed by atoms with Crippen LogP contribution in [0, 0.1) is 5.92 Å². The number of carbonyl (C=O) groups excluding carboxylic acids is 2. The van der Waals surface area contributed by atoms with Crippen molar-refractivity contribution in [2.75, 3.05) is 0 Å². The smallest absolute Gasteiger partial charge is 0.240 e. The van der Waals surface area contributed by atoms with Gasteiger partial charge in [0.25, 0.3) is 0 Å². The Bertz CT molecular complexity index is 1200. The number of aromatic hydroxyl groups is 1. The van der Waals surface area contributed by atoms with E-state index in [0.29, 0.717) is 6.42 Å². The largest absolute Gasteiger partial charge is 0.508 e. The monoisotopic (exact) mass is 532 g/mol. The van der Waals surface area contributed by atoms with E-state index in [-0.39, 0.29) is 31.1 Å². The van der Waals surface area contributed by atoms with Crippen molar-refractivity contribution in [3.63, 3.8) is 0 Å². The summed E-state index contributed by atoms with van der Waals surface area (Å²) in [5, 5.41) is 33.8. The molecule has 8 nitrogen and oxygen atoms in total. The third-order valence-corrected chi connectivity index (χ3v) is 6.68. The molecule has 0 aliphatic rings. The first-order chi connectivity index (χ1) is 18.7. The summed E-state index contributed by atoms with van der Waals surface area (Å²) < 4.78 is 0. The fraction of sp³-hybridized carbons (Fsp3) is 0.290. The summed E-state index contributed by atoms with van der Waals surface area (Å²) in [6.07, 6.45) is 2.45. The summed E-state index contributed by atoms with van der Waals surface area (Å²) in [7, 11) is 0. The second-order valence-corrected chi connectivity index (χ2v) is 9.80. The van der Waals surface area contributed by atoms with Crippen molar-refractivity contribution in [3.05, 3.63) is 114 Å². The summed E-state index contributed by atoms with van der Waals surface area (Å²) in [6.45, 7) is 0. The number of quaternary nitrogens is 1. The quantitative estimate of drug-likeness (QED) is 0.172. The van der Waals surface area contributed by atoms with Crippen molar-refractivity contribution in [2.24, 2.45) is 11.7 Å². The average molecular weight is 533 g/mol. The lowest BCUT2D eigenvalue weighted by atomic mass is 9.91. The van der Waals surface area contributed by atoms with E-state index in [1.807, 2.05) is 60.7 Å². The zero-order valence-electron chi connectivity index (χ0n) is 21.9. The van der Waals surface area contributed by atoms with E-state index >= 15 is 0 Å². The molecule has 9 N–H and O–H groups in total. The molecular weight excluding hydrogens is 494 g/mol. The van der Waals surface area contributed by atoms with Gasteiger partial charge < -0.3 is 32.1 Å². The molecule has 0 spiro atoms. The van der Waals surface area contributed by atoms with Gasteiger partial charge in [0.15, 0.2) is 0 Å². The molecule has 0 bridgehead atoms. The maximum Gasteiger partial charge on any atom is 0.240 e. The number of carbonyl (C=O) groups is 2. The maximum absolute atomic E-state index is 13.3. The van der Waals surface area contributed by atoms with Gasteiger partial charge in [0.05, 0.1) is 12.0 Å². The molecule has 0 radical (unpaired) electrons. The Balaban J connectivity index is 1.66. The molecule has 39 heavy (non-hydrogen) atoms. The number of benzene rings is 3. The van der Waals surface area contributed by atoms with Gasteiger partial charge in [-0.15, -0.1) is 0 Å². The molecule has 206 valence electrons. The first-order valence-electron chi connectivity index (χ1n) is 13.0. The number of hydrogen-bond acceptors (Lipinski definition) is 5. The van der Waals surface area contributed by atoms with Crippen molar-refractivity contribution >= 4 is 11.8 Å². The molecule has 0 saturated carbocycles. The molecule has 0 aliphatic heterocycles. The Hall–Kier alpha value is -3.98. The van der Waals surface area contributed by atoms with Crippen LogP contribution in [-0.4, -0.2) is 51.4 Å². The Morgan fingerprint density at radius 3 is 1.92 bits per heavy atom. The second kappa shape index (κ2) is 14.8. The van der Waals surface area contributed by atoms with E-state index in [0.717, 1.165) is 16.7 Å². The van der Waals surface area contributed by atoms with Crippen LogP contribution in [0.2, 0.25) is 0 Å². The zero-order valence-corrected chi connectivity index (χ0v) is 21.9. The number of primary amides is 1. The third kappa shape index (κ3) is 9.68. The minimum atomic E-state index is -1.16. The predicted octanol–water partition coefficient (Wildman–Crippen LogP) is 1.28. The first-order valence-corrected chi connectivity index (χ1v) is 13.0. The molecule has 8 heteroatoms. The minimum Gasteiger partial charge on any atom is -0.508 e. The van der Waals surface area contributed by atoms with Gasteiger partial charge in [-0.05, 0) is 41.7 Å². The van der Waals surface area contributed by atoms with Crippen LogP contribution < -0.4 is 16.8 Å². The topological polar surface area (TPSA) is 161 Å². The van der Waals surface area contributed by atoms with Gasteiger partial charge in [-0.3, -0.25) is 9.59 Å². The molecule has 2 amide bonds. The number of nitrogens with two attached hydrogens (primary N) is 1. The highest BCUT2D eigenvalue weighted by Crippen LogP contribution is 2.17. The van der Waals surface area contributed by atoms with Gasteiger partial charge in [0.2, 0.25) is 11.8 Å². The first kappa shape index (κ1) is 29.6. The summed E-state index contributed by atoms with van der Waals surface area (Å²) in [5.74, 6) is -1.85. The predicted molar refractivity (Wildman–Crippen MR) is 149 cm³/mol. The van der Waals surface area contributed by atoms with Crippen LogP contribution in [0.5, 0.6) is 5.75 Å². The highest BCUT2D eigenvalue weighted by molar-refractivity contribution is 5.88. The SMILES string of the molecule is NC(=O)[C@H](Cc1ccccc1)NC(=O)[C@H](Cc1ccccc1)[C@H](O)/C=C\C[C@@H](O)[C@@H]([NH3+])Cc1ccc(O)cc1. The highest BCUT2D eigenvalue weighted by atomic mass is 16.3. The highest BCUT2D eigenvalue weighted by Gasteiger charge is 2.29. The van der Waals surface area contributed by atoms with Gasteiger partial charge in [-0.25, -0.2) is 0 Å². The second-order valence-electron chi connectivity index (χ2n) is 9.80. The summed E-state index contributed by atoms with van der Waals surface area (Å²) in [4.78, 5) is 25.5. The van der Waals surface area contributed by atoms with Gasteiger partial charge >= 0.3 is 0 Å². The van der Waals surface area contributed by atoms with E-state index in [4.69, 9.17) is 5.73 Å². The molecule has 0 saturated heterocycles. The lowest BCUT2D eigenvalue weighted by molar-refractivity contribution is -0.436. The van der Waals surface area contributed by atoms with Crippen LogP contribution in [0.4, 0.5) is 0 Å². The van der Waals surface area contributed by atoms with Crippen LogP contribution in [0.3, 0.4) is 0 Å². The van der Waals surface area contributed by atoms with Crippen LogP contribution in [-0.2, 0) is 28.9 Å². The number of aliphatic hydroxyl groups is 2. The molecule has 0 aromatic heterocycles. The maximum atomic E-state index is 13.3. The summed E-state index contributed by atoms with van der Waals surface area (Å²) in [5.41, 5.74) is 12.3. The molecule has 3 aromatic rings. The van der Waals surface area contributed by atoms with E-state index in [9.17, 15) is 24.9 Å². The summed E-state index contributed by atoms with van der Waals surface area (Å²) >= 11 is 0. The number of hydrogen-bond donors (Lipinski definition) is 6. The van der Waals surface area contributed by atoms with Crippen molar-refractivity contribution in [2.45, 2.75) is 50.0 Å². The van der Waals surface area contributed by atoms with Crippen molar-refractivity contribution < 1.29 is 30.6 Å². The van der Waals surface area contributed by atoms with E-state index in [1.165, 1.54) is 6.08 Å². The normalized spacial score (nSPS) is 15.3. The molecule has 0 unspecified atom stereocenters. The Morgan fingerprint density at radius 2 is 1.36 bits per heavy atom. The fourth-order valence-electron chi connectivity index (χ4n) is 4.34. The minimum absolute atomic E-state index is 0.174. The van der Waals surface area contributed by atoms with Gasteiger partial charge in [0, 0.05) is 12.8 Å². The van der Waals surface area contributed by atoms with Crippen molar-refractivity contribution in [3.8, 4) is 5.75 Å². The molecular formula is C31H38N3O5+. The molecule has 0 heterocycles. The number of aliphatic hydroxyl groups excluding tert-OH is 2. The number of rotatable bonds is 14. The summed E-state index contributed by atoms with van der Waals surface area (Å²) in [6, 6.07) is 24.1. The zero-order chi connectivity index (χ0) is 28.2. The van der Waals surface area contributed by atoms with Gasteiger partial charge in [-0.1, -0.05) is 84.9 Å². The molecule has 0 fully saturated rings. The van der Waals surface area contributed by atoms with Gasteiger partial charge in [-0.2, -0.15) is 0 Å². The molecule has 0 aliphatic carbocycles. The number of phenolic OH excluding ortho intramolecular Hbond substituents is 1. The Kier molecular flexibility index (Phi) is 11.2. The molecule has 3 aromatic carbocycles. The van der Waals surface area contributed by atoms with Crippen molar-refractivity contribution in [1.82, 2.24) is 5.32 Å². The van der Waals surface area contributed by atoms with Crippen LogP contribution in [0.1, 0.15) is 23.1 Å². The number of amides is 2. The number of nitrogens with one attached hydrogen (secondary N) is 1. The molecule has 5 atom stereocenters. The van der Waals surface area contributed by atoms with Crippen LogP contribution >= 0.6 is 0 Å². The lowest BCUT2D eigenvalue weighted by Crippen LogP contribution is -2.67. The van der Waals surface area contributed by atoms with E-state index < -0.39 is 36.0 Å². The molecule has 3 rings (SSSR count). The van der Waals surface area contributed by atoms with Gasteiger partial charge in [0.1, 0.15) is 23.9 Å². The van der Waals surface area contributed by atoms with E-state index in [2.05, 4.69) is 11.1 Å². The lowest BCUT2D eigenvalue weighted by Gasteiger charge is -2.24. The Morgan fingerprint density at radius 1 is 0.821 bits per heavy atom. The standard InChI is InChI=1S/C31H37N3O5/c32-26(19-23-14-16-24(35)17-15-23)29(37)13-7-12-28(36)25(18-21-8-3-1-4-9-21)31(39)34-27(30(33)38)20-22-10-5-2-6-11-22/h1-12,14-17,25-29,35-37H,13,18-20,32H2,(H2,33,38)(H,34,39)/p+1/b12-7-/t25-,26+,27+,28-,29-/m1/s1. The Labute approximate surface area is 229 Å². The van der Waals surface area contributed by atoms with Crippen molar-refractivity contribution in [1.29, 1.82) is 0 Å². The van der Waals surface area contributed by atoms with Crippen LogP contribution in [0.25, 0.3) is 0 Å². The average Bonchev–Trinajstić information content (AvgIpc) is 2.93.